The number of benzene rings is 4. The number of ether oxygens (including phenoxy) is 1. The number of amides is 2. The summed E-state index contributed by atoms with van der Waals surface area (Å²) in [5.74, 6) is -0.0314. The molecule has 35 heavy (non-hydrogen) atoms. The van der Waals surface area contributed by atoms with Crippen molar-refractivity contribution in [3.8, 4) is 5.75 Å². The number of methoxy groups -OCH3 is 1. The van der Waals surface area contributed by atoms with Gasteiger partial charge in [-0.2, -0.15) is 0 Å². The van der Waals surface area contributed by atoms with Crippen molar-refractivity contribution in [2.45, 2.75) is 13.1 Å². The molecule has 6 heteroatoms. The van der Waals surface area contributed by atoms with Crippen molar-refractivity contribution in [3.63, 3.8) is 0 Å². The lowest BCUT2D eigenvalue weighted by atomic mass is 10.1. The van der Waals surface area contributed by atoms with Crippen molar-refractivity contribution in [3.05, 3.63) is 130 Å². The van der Waals surface area contributed by atoms with Crippen molar-refractivity contribution in [2.75, 3.05) is 12.0 Å². The number of nitrogens with one attached hydrogen (secondary N) is 1. The average molecular weight is 529 g/mol. The Labute approximate surface area is 213 Å². The average Bonchev–Trinajstić information content (AvgIpc) is 2.91. The first kappa shape index (κ1) is 24.2. The Kier molecular flexibility index (Phi) is 7.95. The first-order chi connectivity index (χ1) is 17.1. The zero-order chi connectivity index (χ0) is 24.6. The van der Waals surface area contributed by atoms with E-state index in [0.717, 1.165) is 15.6 Å². The minimum atomic E-state index is -0.256. The van der Waals surface area contributed by atoms with E-state index in [2.05, 4.69) is 21.2 Å². The van der Waals surface area contributed by atoms with E-state index in [-0.39, 0.29) is 18.4 Å². The Bertz CT molecular complexity index is 1310. The largest absolute Gasteiger partial charge is 0.496 e. The Hall–Kier alpha value is -3.90. The molecule has 0 radical (unpaired) electrons. The normalized spacial score (nSPS) is 10.5. The van der Waals surface area contributed by atoms with Gasteiger partial charge in [0.2, 0.25) is 0 Å². The van der Waals surface area contributed by atoms with Crippen molar-refractivity contribution >= 4 is 33.4 Å². The summed E-state index contributed by atoms with van der Waals surface area (Å²) in [6, 6.07) is 31.7. The Morgan fingerprint density at radius 3 is 2.11 bits per heavy atom. The van der Waals surface area contributed by atoms with Gasteiger partial charge in [0, 0.05) is 11.0 Å². The second-order valence-electron chi connectivity index (χ2n) is 7.90. The number of rotatable bonds is 8. The van der Waals surface area contributed by atoms with E-state index < -0.39 is 0 Å². The molecule has 0 atom stereocenters. The maximum Gasteiger partial charge on any atom is 0.262 e. The number of hydrogen-bond donors (Lipinski definition) is 1. The molecular weight excluding hydrogens is 504 g/mol. The van der Waals surface area contributed by atoms with Gasteiger partial charge in [-0.3, -0.25) is 9.59 Å². The predicted molar refractivity (Wildman–Crippen MR) is 142 cm³/mol. The predicted octanol–water partition coefficient (Wildman–Crippen LogP) is 6.23. The van der Waals surface area contributed by atoms with E-state index in [1.54, 1.807) is 41.3 Å². The van der Waals surface area contributed by atoms with Gasteiger partial charge in [-0.05, 0) is 47.5 Å². The Balaban J connectivity index is 1.71. The van der Waals surface area contributed by atoms with Crippen LogP contribution in [0.2, 0.25) is 0 Å². The Morgan fingerprint density at radius 1 is 0.771 bits per heavy atom. The molecule has 2 amide bonds. The van der Waals surface area contributed by atoms with Crippen LogP contribution in [0.1, 0.15) is 31.8 Å². The maximum absolute atomic E-state index is 13.9. The maximum atomic E-state index is 13.9. The molecular formula is C29H25BrN2O3. The summed E-state index contributed by atoms with van der Waals surface area (Å²) in [6.45, 7) is 0.675. The highest BCUT2D eigenvalue weighted by Gasteiger charge is 2.25. The van der Waals surface area contributed by atoms with E-state index in [1.165, 1.54) is 7.11 Å². The van der Waals surface area contributed by atoms with E-state index in [9.17, 15) is 9.59 Å². The topological polar surface area (TPSA) is 58.6 Å². The van der Waals surface area contributed by atoms with E-state index >= 15 is 0 Å². The molecule has 0 aromatic heterocycles. The Morgan fingerprint density at radius 2 is 1.40 bits per heavy atom. The molecule has 4 aromatic carbocycles. The smallest absolute Gasteiger partial charge is 0.262 e. The molecule has 0 bridgehead atoms. The summed E-state index contributed by atoms with van der Waals surface area (Å²) in [7, 11) is 1.54. The molecule has 0 aliphatic carbocycles. The quantitative estimate of drug-likeness (QED) is 0.294. The number of para-hydroxylation sites is 2. The molecule has 0 spiro atoms. The molecule has 0 heterocycles. The summed E-state index contributed by atoms with van der Waals surface area (Å²) in [4.78, 5) is 28.7. The fourth-order valence-corrected chi connectivity index (χ4v) is 4.04. The third-order valence-corrected chi connectivity index (χ3v) is 6.10. The number of anilines is 1. The molecule has 0 saturated carbocycles. The fraction of sp³-hybridized carbons (Fsp3) is 0.103. The molecule has 0 fully saturated rings. The standard InChI is InChI=1S/C29H25BrN2O3/c1-35-27-14-8-6-12-25(27)29(34)32(20-22-15-17-23(30)18-16-22)26-13-7-5-11-24(26)28(33)31-19-21-9-3-2-4-10-21/h2-18H,19-20H2,1H3,(H,31,33). The van der Waals surface area contributed by atoms with Crippen LogP contribution in [0.4, 0.5) is 5.69 Å². The number of halogens is 1. The van der Waals surface area contributed by atoms with Gasteiger partial charge in [0.05, 0.1) is 30.5 Å². The highest BCUT2D eigenvalue weighted by Crippen LogP contribution is 2.28. The lowest BCUT2D eigenvalue weighted by Crippen LogP contribution is -2.33. The molecule has 0 saturated heterocycles. The van der Waals surface area contributed by atoms with Crippen LogP contribution in [0.15, 0.2) is 108 Å². The summed E-state index contributed by atoms with van der Waals surface area (Å²) in [6.07, 6.45) is 0. The third-order valence-electron chi connectivity index (χ3n) is 5.57. The molecule has 5 nitrogen and oxygen atoms in total. The second-order valence-corrected chi connectivity index (χ2v) is 8.82. The second kappa shape index (κ2) is 11.5. The summed E-state index contributed by atoms with van der Waals surface area (Å²) >= 11 is 3.46. The minimum absolute atomic E-state index is 0.252. The van der Waals surface area contributed by atoms with Crippen LogP contribution in [0.25, 0.3) is 0 Å². The highest BCUT2D eigenvalue weighted by atomic mass is 79.9. The fourth-order valence-electron chi connectivity index (χ4n) is 3.78. The van der Waals surface area contributed by atoms with Gasteiger partial charge in [0.25, 0.3) is 11.8 Å². The SMILES string of the molecule is COc1ccccc1C(=O)N(Cc1ccc(Br)cc1)c1ccccc1C(=O)NCc1ccccc1. The molecule has 176 valence electrons. The number of nitrogens with zero attached hydrogens (tertiary/aromatic N) is 1. The van der Waals surface area contributed by atoms with E-state index in [1.807, 2.05) is 66.7 Å². The molecule has 0 aliphatic rings. The lowest BCUT2D eigenvalue weighted by Gasteiger charge is -2.26. The van der Waals surface area contributed by atoms with Gasteiger partial charge in [-0.1, -0.05) is 82.7 Å². The van der Waals surface area contributed by atoms with Crippen LogP contribution in [-0.4, -0.2) is 18.9 Å². The molecule has 4 aromatic rings. The van der Waals surface area contributed by atoms with Gasteiger partial charge in [0.1, 0.15) is 5.75 Å². The van der Waals surface area contributed by atoms with Gasteiger partial charge < -0.3 is 15.0 Å². The molecule has 4 rings (SSSR count). The van der Waals surface area contributed by atoms with Crippen LogP contribution < -0.4 is 15.0 Å². The number of hydrogen-bond acceptors (Lipinski definition) is 3. The van der Waals surface area contributed by atoms with Crippen molar-refractivity contribution < 1.29 is 14.3 Å². The highest BCUT2D eigenvalue weighted by molar-refractivity contribution is 9.10. The first-order valence-electron chi connectivity index (χ1n) is 11.2. The van der Waals surface area contributed by atoms with Crippen LogP contribution >= 0.6 is 15.9 Å². The molecule has 0 unspecified atom stereocenters. The summed E-state index contributed by atoms with van der Waals surface area (Å²) in [5.41, 5.74) is 3.29. The van der Waals surface area contributed by atoms with Crippen LogP contribution in [0, 0.1) is 0 Å². The first-order valence-corrected chi connectivity index (χ1v) is 12.0. The van der Waals surface area contributed by atoms with Crippen molar-refractivity contribution in [1.29, 1.82) is 0 Å². The number of carbonyl (C=O) groups excluding carboxylic acids is 2. The number of carbonyl (C=O) groups is 2. The minimum Gasteiger partial charge on any atom is -0.496 e. The third kappa shape index (κ3) is 5.97. The molecule has 1 N–H and O–H groups in total. The van der Waals surface area contributed by atoms with Crippen LogP contribution in [0.3, 0.4) is 0 Å². The monoisotopic (exact) mass is 528 g/mol. The molecule has 0 aliphatic heterocycles. The zero-order valence-corrected chi connectivity index (χ0v) is 20.9. The van der Waals surface area contributed by atoms with E-state index in [4.69, 9.17) is 4.74 Å². The lowest BCUT2D eigenvalue weighted by molar-refractivity contribution is 0.0951. The van der Waals surface area contributed by atoms with Gasteiger partial charge >= 0.3 is 0 Å². The van der Waals surface area contributed by atoms with Crippen LogP contribution in [0.5, 0.6) is 5.75 Å². The van der Waals surface area contributed by atoms with E-state index in [0.29, 0.717) is 29.1 Å². The van der Waals surface area contributed by atoms with Crippen molar-refractivity contribution in [2.24, 2.45) is 0 Å². The van der Waals surface area contributed by atoms with Gasteiger partial charge in [0.15, 0.2) is 0 Å². The summed E-state index contributed by atoms with van der Waals surface area (Å²) < 4.78 is 6.40. The summed E-state index contributed by atoms with van der Waals surface area (Å²) in [5, 5.41) is 2.98. The van der Waals surface area contributed by atoms with Crippen molar-refractivity contribution in [1.82, 2.24) is 5.32 Å². The van der Waals surface area contributed by atoms with Crippen LogP contribution in [-0.2, 0) is 13.1 Å². The van der Waals surface area contributed by atoms with Gasteiger partial charge in [-0.25, -0.2) is 0 Å². The zero-order valence-electron chi connectivity index (χ0n) is 19.3. The van der Waals surface area contributed by atoms with Gasteiger partial charge in [-0.15, -0.1) is 0 Å².